The number of aliphatic imine (C=N–C) groups is 1. The van der Waals surface area contributed by atoms with Crippen LogP contribution >= 0.6 is 0 Å². The van der Waals surface area contributed by atoms with Crippen LogP contribution in [0.4, 0.5) is 5.69 Å². The molecule has 0 saturated heterocycles. The number of amides is 1. The topological polar surface area (TPSA) is 70.9 Å². The van der Waals surface area contributed by atoms with E-state index in [1.54, 1.807) is 29.9 Å². The molecule has 5 heteroatoms. The second-order valence-corrected chi connectivity index (χ2v) is 4.34. The summed E-state index contributed by atoms with van der Waals surface area (Å²) in [5.74, 6) is -0.103. The molecule has 1 amide bonds. The molecule has 100 valence electrons. The fourth-order valence-corrected chi connectivity index (χ4v) is 2.10. The van der Waals surface area contributed by atoms with Crippen molar-refractivity contribution < 1.29 is 14.7 Å². The van der Waals surface area contributed by atoms with Crippen LogP contribution in [0.1, 0.15) is 21.5 Å². The zero-order chi connectivity index (χ0) is 13.9. The first-order valence-corrected chi connectivity index (χ1v) is 6.12. The molecule has 2 aromatic rings. The average Bonchev–Trinajstić information content (AvgIpc) is 2.48. The van der Waals surface area contributed by atoms with Gasteiger partial charge in [-0.25, -0.2) is 5.48 Å². The Hall–Kier alpha value is -2.66. The number of hydrogen-bond acceptors (Lipinski definition) is 4. The predicted octanol–water partition coefficient (Wildman–Crippen LogP) is 2.45. The number of benzene rings is 2. The molecule has 0 spiro atoms. The molecule has 0 saturated carbocycles. The van der Waals surface area contributed by atoms with Crippen molar-refractivity contribution in [2.24, 2.45) is 4.99 Å². The van der Waals surface area contributed by atoms with Crippen LogP contribution in [-0.4, -0.2) is 17.3 Å². The Morgan fingerprint density at radius 2 is 2.05 bits per heavy atom. The highest BCUT2D eigenvalue weighted by Crippen LogP contribution is 2.33. The monoisotopic (exact) mass is 268 g/mol. The molecule has 0 bridgehead atoms. The van der Waals surface area contributed by atoms with Crippen LogP contribution in [0.15, 0.2) is 47.5 Å². The van der Waals surface area contributed by atoms with Crippen LogP contribution in [0.25, 0.3) is 0 Å². The Morgan fingerprint density at radius 1 is 1.20 bits per heavy atom. The maximum Gasteiger partial charge on any atom is 0.276 e. The summed E-state index contributed by atoms with van der Waals surface area (Å²) in [6, 6.07) is 12.8. The summed E-state index contributed by atoms with van der Waals surface area (Å²) >= 11 is 0. The van der Waals surface area contributed by atoms with Crippen LogP contribution in [0.5, 0.6) is 5.75 Å². The molecule has 3 rings (SSSR count). The standard InChI is InChI=1S/C15H12N2O3/c18-15(17-19)12-6-3-7-13-14(12)16-8-10-4-1-2-5-11(10)9-20-13/h1-8,19H,9H2,(H,17,18). The molecule has 2 N–H and O–H groups in total. The number of ether oxygens (including phenoxy) is 1. The van der Waals surface area contributed by atoms with E-state index in [-0.39, 0.29) is 5.56 Å². The van der Waals surface area contributed by atoms with E-state index < -0.39 is 5.91 Å². The summed E-state index contributed by atoms with van der Waals surface area (Å²) in [7, 11) is 0. The van der Waals surface area contributed by atoms with E-state index in [0.717, 1.165) is 11.1 Å². The molecule has 1 heterocycles. The van der Waals surface area contributed by atoms with Crippen molar-refractivity contribution in [3.63, 3.8) is 0 Å². The molecule has 20 heavy (non-hydrogen) atoms. The number of hydrogen-bond donors (Lipinski definition) is 2. The Morgan fingerprint density at radius 3 is 2.90 bits per heavy atom. The van der Waals surface area contributed by atoms with Crippen molar-refractivity contribution in [1.82, 2.24) is 5.48 Å². The highest BCUT2D eigenvalue weighted by molar-refractivity contribution is 6.01. The van der Waals surface area contributed by atoms with E-state index in [9.17, 15) is 4.79 Å². The number of carbonyl (C=O) groups excluding carboxylic acids is 1. The molecule has 2 aromatic carbocycles. The lowest BCUT2D eigenvalue weighted by Crippen LogP contribution is -2.19. The molecule has 0 atom stereocenters. The molecule has 5 nitrogen and oxygen atoms in total. The summed E-state index contributed by atoms with van der Waals surface area (Å²) in [6.07, 6.45) is 1.70. The quantitative estimate of drug-likeness (QED) is 0.616. The Balaban J connectivity index is 2.12. The molecular weight excluding hydrogens is 256 g/mol. The maximum absolute atomic E-state index is 11.6. The van der Waals surface area contributed by atoms with Crippen molar-refractivity contribution in [1.29, 1.82) is 0 Å². The third-order valence-corrected chi connectivity index (χ3v) is 3.12. The van der Waals surface area contributed by atoms with E-state index >= 15 is 0 Å². The molecule has 1 aliphatic rings. The zero-order valence-electron chi connectivity index (χ0n) is 10.5. The smallest absolute Gasteiger partial charge is 0.276 e. The number of hydroxylamine groups is 1. The Kier molecular flexibility index (Phi) is 3.18. The van der Waals surface area contributed by atoms with Gasteiger partial charge in [-0.1, -0.05) is 30.3 Å². The highest BCUT2D eigenvalue weighted by atomic mass is 16.5. The first kappa shape index (κ1) is 12.4. The second-order valence-electron chi connectivity index (χ2n) is 4.34. The van der Waals surface area contributed by atoms with Crippen molar-refractivity contribution in [2.45, 2.75) is 6.61 Å². The number of nitrogens with one attached hydrogen (secondary N) is 1. The molecule has 0 aliphatic carbocycles. The van der Waals surface area contributed by atoms with Crippen molar-refractivity contribution in [3.05, 3.63) is 59.2 Å². The highest BCUT2D eigenvalue weighted by Gasteiger charge is 2.16. The minimum absolute atomic E-state index is 0.264. The van der Waals surface area contributed by atoms with Gasteiger partial charge in [-0.05, 0) is 23.3 Å². The second kappa shape index (κ2) is 5.14. The molecule has 0 aromatic heterocycles. The van der Waals surface area contributed by atoms with Gasteiger partial charge in [0, 0.05) is 6.21 Å². The van der Waals surface area contributed by atoms with Gasteiger partial charge in [-0.2, -0.15) is 0 Å². The van der Waals surface area contributed by atoms with Gasteiger partial charge >= 0.3 is 0 Å². The number of fused-ring (bicyclic) bond motifs is 2. The van der Waals surface area contributed by atoms with Gasteiger partial charge in [0.25, 0.3) is 5.91 Å². The predicted molar refractivity (Wildman–Crippen MR) is 73.7 cm³/mol. The van der Waals surface area contributed by atoms with Gasteiger partial charge in [-0.15, -0.1) is 0 Å². The molecule has 0 radical (unpaired) electrons. The lowest BCUT2D eigenvalue weighted by atomic mass is 10.1. The average molecular weight is 268 g/mol. The number of rotatable bonds is 1. The van der Waals surface area contributed by atoms with Gasteiger partial charge in [-0.3, -0.25) is 15.0 Å². The largest absolute Gasteiger partial charge is 0.487 e. The van der Waals surface area contributed by atoms with Crippen LogP contribution in [0.2, 0.25) is 0 Å². The maximum atomic E-state index is 11.6. The van der Waals surface area contributed by atoms with E-state index in [4.69, 9.17) is 9.94 Å². The van der Waals surface area contributed by atoms with Gasteiger partial charge in [0.05, 0.1) is 5.56 Å². The van der Waals surface area contributed by atoms with E-state index in [0.29, 0.717) is 18.0 Å². The van der Waals surface area contributed by atoms with E-state index in [2.05, 4.69) is 4.99 Å². The SMILES string of the molecule is O=C(NO)c1cccc2c1N=Cc1ccccc1CO2. The normalized spacial score (nSPS) is 12.4. The molecule has 0 unspecified atom stereocenters. The van der Waals surface area contributed by atoms with Gasteiger partial charge < -0.3 is 4.74 Å². The third-order valence-electron chi connectivity index (χ3n) is 3.12. The van der Waals surface area contributed by atoms with Crippen molar-refractivity contribution in [3.8, 4) is 5.75 Å². The first-order chi connectivity index (χ1) is 9.79. The van der Waals surface area contributed by atoms with Crippen LogP contribution in [0.3, 0.4) is 0 Å². The number of nitrogens with zero attached hydrogens (tertiary/aromatic N) is 1. The summed E-state index contributed by atoms with van der Waals surface area (Å²) in [5, 5.41) is 8.78. The van der Waals surface area contributed by atoms with Crippen molar-refractivity contribution >= 4 is 17.8 Å². The molecule has 0 fully saturated rings. The molecular formula is C15H12N2O3. The van der Waals surface area contributed by atoms with Crippen LogP contribution in [-0.2, 0) is 6.61 Å². The van der Waals surface area contributed by atoms with Gasteiger partial charge in [0.1, 0.15) is 18.0 Å². The fourth-order valence-electron chi connectivity index (χ4n) is 2.10. The minimum atomic E-state index is -0.614. The summed E-state index contributed by atoms with van der Waals surface area (Å²) in [5.41, 5.74) is 4.26. The first-order valence-electron chi connectivity index (χ1n) is 6.12. The zero-order valence-corrected chi connectivity index (χ0v) is 10.5. The van der Waals surface area contributed by atoms with Gasteiger partial charge in [0.2, 0.25) is 0 Å². The van der Waals surface area contributed by atoms with E-state index in [1.807, 2.05) is 24.3 Å². The summed E-state index contributed by atoms with van der Waals surface area (Å²) < 4.78 is 5.71. The summed E-state index contributed by atoms with van der Waals surface area (Å²) in [4.78, 5) is 16.0. The number of carbonyl (C=O) groups is 1. The lowest BCUT2D eigenvalue weighted by Gasteiger charge is -2.15. The fraction of sp³-hybridized carbons (Fsp3) is 0.0667. The summed E-state index contributed by atoms with van der Waals surface area (Å²) in [6.45, 7) is 0.402. The lowest BCUT2D eigenvalue weighted by molar-refractivity contribution is 0.0706. The third kappa shape index (κ3) is 2.15. The Bertz CT molecular complexity index is 695. The van der Waals surface area contributed by atoms with Gasteiger partial charge in [0.15, 0.2) is 0 Å². The number of para-hydroxylation sites is 1. The van der Waals surface area contributed by atoms with Crippen LogP contribution < -0.4 is 10.2 Å². The molecule has 1 aliphatic heterocycles. The van der Waals surface area contributed by atoms with Crippen LogP contribution in [0, 0.1) is 0 Å². The van der Waals surface area contributed by atoms with E-state index in [1.165, 1.54) is 0 Å². The Labute approximate surface area is 115 Å². The minimum Gasteiger partial charge on any atom is -0.487 e. The van der Waals surface area contributed by atoms with Crippen molar-refractivity contribution in [2.75, 3.05) is 0 Å².